The number of hydrogen-bond donors (Lipinski definition) is 1. The molecule has 0 aliphatic heterocycles. The third-order valence-corrected chi connectivity index (χ3v) is 6.32. The van der Waals surface area contributed by atoms with Gasteiger partial charge in [-0.1, -0.05) is 18.0 Å². The number of methoxy groups -OCH3 is 1. The highest BCUT2D eigenvalue weighted by atomic mass is 32.2. The maximum absolute atomic E-state index is 12.5. The highest BCUT2D eigenvalue weighted by Crippen LogP contribution is 2.35. The summed E-state index contributed by atoms with van der Waals surface area (Å²) in [6.07, 6.45) is 7.68. The van der Waals surface area contributed by atoms with Gasteiger partial charge in [0, 0.05) is 12.4 Å². The Bertz CT molecular complexity index is 1020. The van der Waals surface area contributed by atoms with Gasteiger partial charge in [-0.2, -0.15) is 5.10 Å². The lowest BCUT2D eigenvalue weighted by molar-refractivity contribution is 0.418. The molecule has 2 aromatic heterocycles. The van der Waals surface area contributed by atoms with Gasteiger partial charge in [0.05, 0.1) is 19.4 Å². The zero-order chi connectivity index (χ0) is 18.9. The third kappa shape index (κ3) is 3.92. The fraction of sp³-hybridized carbons (Fsp3) is 0.444. The maximum atomic E-state index is 12.5. The van der Waals surface area contributed by atoms with Crippen LogP contribution in [0.4, 0.5) is 5.82 Å². The number of nitrogens with zero attached hydrogens (tertiary/aromatic N) is 3. The van der Waals surface area contributed by atoms with E-state index in [4.69, 9.17) is 9.26 Å². The van der Waals surface area contributed by atoms with Crippen LogP contribution in [0.3, 0.4) is 0 Å². The van der Waals surface area contributed by atoms with Crippen LogP contribution in [-0.2, 0) is 16.6 Å². The first-order valence-corrected chi connectivity index (χ1v) is 10.6. The van der Waals surface area contributed by atoms with Gasteiger partial charge in [0.2, 0.25) is 10.0 Å². The van der Waals surface area contributed by atoms with Crippen LogP contribution in [0.5, 0.6) is 5.75 Å². The van der Waals surface area contributed by atoms with Crippen molar-refractivity contribution in [1.82, 2.24) is 14.9 Å². The second-order valence-corrected chi connectivity index (χ2v) is 8.71. The summed E-state index contributed by atoms with van der Waals surface area (Å²) >= 11 is 0. The minimum atomic E-state index is -3.50. The Hall–Kier alpha value is -2.55. The van der Waals surface area contributed by atoms with Gasteiger partial charge in [-0.15, -0.1) is 0 Å². The molecule has 3 aromatic rings. The molecule has 1 N–H and O–H groups in total. The Labute approximate surface area is 157 Å². The van der Waals surface area contributed by atoms with Crippen molar-refractivity contribution in [2.24, 2.45) is 5.92 Å². The predicted octanol–water partition coefficient (Wildman–Crippen LogP) is 3.01. The Morgan fingerprint density at radius 2 is 2.15 bits per heavy atom. The van der Waals surface area contributed by atoms with Gasteiger partial charge in [-0.05, 0) is 42.5 Å². The van der Waals surface area contributed by atoms with E-state index in [1.807, 2.05) is 24.4 Å². The standard InChI is InChI=1S/C18H22N4O4S/c1-25-15-9-14(11-22-8-4-7-19-22)10-16-17(15)18(20-26-16)21-27(23,24)12-13-5-2-3-6-13/h4,7-10,13H,2-3,5-6,11-12H2,1H3,(H,20,21). The molecule has 4 rings (SSSR count). The number of sulfonamides is 1. The van der Waals surface area contributed by atoms with Gasteiger partial charge >= 0.3 is 0 Å². The number of aromatic nitrogens is 3. The molecule has 1 aliphatic rings. The highest BCUT2D eigenvalue weighted by Gasteiger charge is 2.25. The first-order valence-electron chi connectivity index (χ1n) is 8.98. The molecule has 0 bridgehead atoms. The van der Waals surface area contributed by atoms with Gasteiger partial charge in [0.25, 0.3) is 0 Å². The molecule has 0 unspecified atom stereocenters. The summed E-state index contributed by atoms with van der Waals surface area (Å²) in [5.41, 5.74) is 1.38. The molecule has 0 saturated heterocycles. The Balaban J connectivity index is 1.62. The fourth-order valence-electron chi connectivity index (χ4n) is 3.67. The molecular formula is C18H22N4O4S. The van der Waals surface area contributed by atoms with E-state index in [9.17, 15) is 8.42 Å². The Kier molecular flexibility index (Phi) is 4.77. The van der Waals surface area contributed by atoms with Crippen molar-refractivity contribution in [2.75, 3.05) is 17.6 Å². The molecule has 0 atom stereocenters. The number of ether oxygens (including phenoxy) is 1. The van der Waals surface area contributed by atoms with E-state index in [0.717, 1.165) is 31.2 Å². The molecule has 2 heterocycles. The van der Waals surface area contributed by atoms with E-state index in [0.29, 0.717) is 23.3 Å². The van der Waals surface area contributed by atoms with Crippen LogP contribution in [0.15, 0.2) is 35.1 Å². The first kappa shape index (κ1) is 17.8. The van der Waals surface area contributed by atoms with Crippen LogP contribution in [0.1, 0.15) is 31.2 Å². The Morgan fingerprint density at radius 3 is 2.85 bits per heavy atom. The van der Waals surface area contributed by atoms with E-state index in [2.05, 4.69) is 15.0 Å². The smallest absolute Gasteiger partial charge is 0.234 e. The van der Waals surface area contributed by atoms with Crippen LogP contribution in [0, 0.1) is 5.92 Å². The lowest BCUT2D eigenvalue weighted by Crippen LogP contribution is -2.21. The molecule has 1 aromatic carbocycles. The topological polar surface area (TPSA) is 99.2 Å². The van der Waals surface area contributed by atoms with Crippen molar-refractivity contribution < 1.29 is 17.7 Å². The quantitative estimate of drug-likeness (QED) is 0.666. The average Bonchev–Trinajstić information content (AvgIpc) is 3.37. The van der Waals surface area contributed by atoms with Crippen LogP contribution in [-0.4, -0.2) is 36.2 Å². The van der Waals surface area contributed by atoms with Gasteiger partial charge in [0.15, 0.2) is 11.4 Å². The zero-order valence-corrected chi connectivity index (χ0v) is 15.9. The van der Waals surface area contributed by atoms with Gasteiger partial charge in [-0.3, -0.25) is 9.40 Å². The van der Waals surface area contributed by atoms with Crippen molar-refractivity contribution in [1.29, 1.82) is 0 Å². The monoisotopic (exact) mass is 390 g/mol. The van der Waals surface area contributed by atoms with E-state index < -0.39 is 10.0 Å². The molecule has 0 amide bonds. The van der Waals surface area contributed by atoms with Crippen molar-refractivity contribution in [3.63, 3.8) is 0 Å². The molecule has 1 saturated carbocycles. The number of anilines is 1. The molecule has 27 heavy (non-hydrogen) atoms. The van der Waals surface area contributed by atoms with Gasteiger partial charge in [-0.25, -0.2) is 8.42 Å². The summed E-state index contributed by atoms with van der Waals surface area (Å²) < 4.78 is 40.3. The number of benzene rings is 1. The predicted molar refractivity (Wildman–Crippen MR) is 101 cm³/mol. The molecule has 144 valence electrons. The molecular weight excluding hydrogens is 368 g/mol. The number of nitrogens with one attached hydrogen (secondary N) is 1. The summed E-state index contributed by atoms with van der Waals surface area (Å²) in [5, 5.41) is 8.65. The number of rotatable bonds is 7. The highest BCUT2D eigenvalue weighted by molar-refractivity contribution is 7.92. The van der Waals surface area contributed by atoms with E-state index in [1.54, 1.807) is 10.9 Å². The summed E-state index contributed by atoms with van der Waals surface area (Å²) in [6.45, 7) is 0.544. The molecule has 9 heteroatoms. The second-order valence-electron chi connectivity index (χ2n) is 6.94. The summed E-state index contributed by atoms with van der Waals surface area (Å²) in [4.78, 5) is 0. The first-order chi connectivity index (χ1) is 13.0. The summed E-state index contributed by atoms with van der Waals surface area (Å²) in [5.74, 6) is 1.00. The zero-order valence-electron chi connectivity index (χ0n) is 15.1. The minimum absolute atomic E-state index is 0.112. The SMILES string of the molecule is COc1cc(Cn2cccn2)cc2onc(NS(=O)(=O)CC3CCCC3)c12. The average molecular weight is 390 g/mol. The van der Waals surface area contributed by atoms with Crippen LogP contribution in [0.25, 0.3) is 11.0 Å². The normalized spacial score (nSPS) is 15.4. The van der Waals surface area contributed by atoms with E-state index in [-0.39, 0.29) is 17.5 Å². The maximum Gasteiger partial charge on any atom is 0.234 e. The molecule has 0 radical (unpaired) electrons. The van der Waals surface area contributed by atoms with E-state index in [1.165, 1.54) is 7.11 Å². The van der Waals surface area contributed by atoms with Gasteiger partial charge in [0.1, 0.15) is 11.1 Å². The van der Waals surface area contributed by atoms with Crippen LogP contribution >= 0.6 is 0 Å². The second kappa shape index (κ2) is 7.22. The largest absolute Gasteiger partial charge is 0.496 e. The summed E-state index contributed by atoms with van der Waals surface area (Å²) in [7, 11) is -1.96. The Morgan fingerprint density at radius 1 is 1.33 bits per heavy atom. The van der Waals surface area contributed by atoms with Crippen molar-refractivity contribution in [3.8, 4) is 5.75 Å². The lowest BCUT2D eigenvalue weighted by atomic mass is 10.1. The third-order valence-electron chi connectivity index (χ3n) is 4.90. The van der Waals surface area contributed by atoms with Crippen molar-refractivity contribution >= 4 is 26.8 Å². The van der Waals surface area contributed by atoms with Gasteiger partial charge < -0.3 is 9.26 Å². The molecule has 0 spiro atoms. The fourth-order valence-corrected chi connectivity index (χ4v) is 5.14. The van der Waals surface area contributed by atoms with Crippen LogP contribution < -0.4 is 9.46 Å². The number of hydrogen-bond acceptors (Lipinski definition) is 6. The molecule has 1 aliphatic carbocycles. The number of fused-ring (bicyclic) bond motifs is 1. The summed E-state index contributed by atoms with van der Waals surface area (Å²) in [6, 6.07) is 5.51. The molecule has 8 nitrogen and oxygen atoms in total. The molecule has 1 fully saturated rings. The van der Waals surface area contributed by atoms with Crippen LogP contribution in [0.2, 0.25) is 0 Å². The van der Waals surface area contributed by atoms with Crippen molar-refractivity contribution in [2.45, 2.75) is 32.2 Å². The lowest BCUT2D eigenvalue weighted by Gasteiger charge is -2.11. The minimum Gasteiger partial charge on any atom is -0.496 e. The van der Waals surface area contributed by atoms with Crippen molar-refractivity contribution in [3.05, 3.63) is 36.2 Å². The van der Waals surface area contributed by atoms with E-state index >= 15 is 0 Å².